The normalized spacial score (nSPS) is 13.3. The molecule has 0 unspecified atom stereocenters. The number of carbonyl (C=O) groups is 1. The Hall–Kier alpha value is -3.19. The van der Waals surface area contributed by atoms with E-state index in [9.17, 15) is 14.7 Å². The van der Waals surface area contributed by atoms with Gasteiger partial charge in [0.25, 0.3) is 11.5 Å². The van der Waals surface area contributed by atoms with E-state index in [0.29, 0.717) is 40.8 Å². The third kappa shape index (κ3) is 3.29. The van der Waals surface area contributed by atoms with Crippen LogP contribution in [0.1, 0.15) is 21.6 Å². The molecule has 1 aliphatic heterocycles. The molecule has 1 amide bonds. The number of nitrogens with zero attached hydrogens (tertiary/aromatic N) is 3. The van der Waals surface area contributed by atoms with Gasteiger partial charge in [-0.1, -0.05) is 17.7 Å². The molecule has 0 bridgehead atoms. The standard InChI is InChI=1S/C19H15ClN4O3/c20-11-4-5-13(16(25)9-11)19(27)24-8-6-12-15(10-24)22-17(23-18(12)26)14-3-1-2-7-21-14/h1-5,7,9,25H,6,8,10H2,(H,22,23,26). The number of halogens is 1. The van der Waals surface area contributed by atoms with Gasteiger partial charge in [-0.05, 0) is 36.8 Å². The second-order valence-corrected chi connectivity index (χ2v) is 6.63. The van der Waals surface area contributed by atoms with E-state index in [1.807, 2.05) is 0 Å². The lowest BCUT2D eigenvalue weighted by Gasteiger charge is -2.28. The van der Waals surface area contributed by atoms with E-state index in [4.69, 9.17) is 11.6 Å². The van der Waals surface area contributed by atoms with Gasteiger partial charge in [-0.15, -0.1) is 0 Å². The molecule has 0 spiro atoms. The van der Waals surface area contributed by atoms with E-state index in [1.54, 1.807) is 35.4 Å². The van der Waals surface area contributed by atoms with Gasteiger partial charge in [-0.25, -0.2) is 4.98 Å². The summed E-state index contributed by atoms with van der Waals surface area (Å²) in [6.07, 6.45) is 2.01. The highest BCUT2D eigenvalue weighted by molar-refractivity contribution is 6.30. The van der Waals surface area contributed by atoms with Crippen molar-refractivity contribution in [1.82, 2.24) is 19.9 Å². The molecule has 3 aromatic rings. The summed E-state index contributed by atoms with van der Waals surface area (Å²) in [5.41, 5.74) is 1.60. The first kappa shape index (κ1) is 17.2. The molecule has 7 nitrogen and oxygen atoms in total. The number of hydrogen-bond acceptors (Lipinski definition) is 5. The second-order valence-electron chi connectivity index (χ2n) is 6.19. The number of benzene rings is 1. The first-order chi connectivity index (χ1) is 13.0. The molecule has 1 aliphatic rings. The van der Waals surface area contributed by atoms with Crippen molar-refractivity contribution in [1.29, 1.82) is 0 Å². The molecule has 0 aliphatic carbocycles. The van der Waals surface area contributed by atoms with Crippen LogP contribution >= 0.6 is 11.6 Å². The fourth-order valence-electron chi connectivity index (χ4n) is 3.09. The Bertz CT molecular complexity index is 1080. The molecule has 0 fully saturated rings. The fraction of sp³-hybridized carbons (Fsp3) is 0.158. The highest BCUT2D eigenvalue weighted by Gasteiger charge is 2.26. The number of aromatic amines is 1. The van der Waals surface area contributed by atoms with Crippen molar-refractivity contribution in [3.05, 3.63) is 74.8 Å². The van der Waals surface area contributed by atoms with Crippen molar-refractivity contribution in [2.75, 3.05) is 6.54 Å². The fourth-order valence-corrected chi connectivity index (χ4v) is 3.26. The van der Waals surface area contributed by atoms with Gasteiger partial charge in [-0.2, -0.15) is 0 Å². The summed E-state index contributed by atoms with van der Waals surface area (Å²) >= 11 is 5.83. The molecule has 0 radical (unpaired) electrons. The number of phenols is 1. The van der Waals surface area contributed by atoms with Crippen LogP contribution in [-0.2, 0) is 13.0 Å². The molecule has 2 N–H and O–H groups in total. The highest BCUT2D eigenvalue weighted by atomic mass is 35.5. The van der Waals surface area contributed by atoms with Crippen molar-refractivity contribution in [2.45, 2.75) is 13.0 Å². The number of amides is 1. The van der Waals surface area contributed by atoms with Gasteiger partial charge in [0.05, 0.1) is 17.8 Å². The Morgan fingerprint density at radius 3 is 2.85 bits per heavy atom. The lowest BCUT2D eigenvalue weighted by molar-refractivity contribution is 0.0728. The average Bonchev–Trinajstić information content (AvgIpc) is 2.67. The van der Waals surface area contributed by atoms with Gasteiger partial charge in [-0.3, -0.25) is 14.6 Å². The SMILES string of the molecule is O=C(c1ccc(Cl)cc1O)N1CCc2c(nc(-c3ccccn3)[nH]c2=O)C1. The van der Waals surface area contributed by atoms with Crippen molar-refractivity contribution in [3.63, 3.8) is 0 Å². The van der Waals surface area contributed by atoms with Gasteiger partial charge >= 0.3 is 0 Å². The molecular weight excluding hydrogens is 368 g/mol. The second kappa shape index (κ2) is 6.85. The third-order valence-electron chi connectivity index (χ3n) is 4.46. The van der Waals surface area contributed by atoms with Crippen molar-refractivity contribution >= 4 is 17.5 Å². The lowest BCUT2D eigenvalue weighted by Crippen LogP contribution is -2.39. The van der Waals surface area contributed by atoms with Crippen LogP contribution in [0.25, 0.3) is 11.5 Å². The zero-order chi connectivity index (χ0) is 19.0. The quantitative estimate of drug-likeness (QED) is 0.709. The summed E-state index contributed by atoms with van der Waals surface area (Å²) in [7, 11) is 0. The predicted octanol–water partition coefficient (Wildman–Crippen LogP) is 2.39. The molecule has 0 saturated heterocycles. The number of aromatic hydroxyl groups is 1. The minimum Gasteiger partial charge on any atom is -0.507 e. The molecule has 1 aromatic carbocycles. The number of aromatic nitrogens is 3. The smallest absolute Gasteiger partial charge is 0.257 e. The summed E-state index contributed by atoms with van der Waals surface area (Å²) in [5.74, 6) is -0.148. The van der Waals surface area contributed by atoms with Crippen LogP contribution < -0.4 is 5.56 Å². The molecule has 27 heavy (non-hydrogen) atoms. The summed E-state index contributed by atoms with van der Waals surface area (Å²) in [6, 6.07) is 9.70. The number of phenolic OH excluding ortho intramolecular Hbond substituents is 1. The number of rotatable bonds is 2. The predicted molar refractivity (Wildman–Crippen MR) is 99.7 cm³/mol. The van der Waals surface area contributed by atoms with E-state index in [-0.39, 0.29) is 29.3 Å². The van der Waals surface area contributed by atoms with Gasteiger partial charge < -0.3 is 15.0 Å². The Balaban J connectivity index is 1.67. The largest absolute Gasteiger partial charge is 0.507 e. The first-order valence-corrected chi connectivity index (χ1v) is 8.72. The number of carbonyl (C=O) groups excluding carboxylic acids is 1. The van der Waals surface area contributed by atoms with E-state index in [0.717, 1.165) is 0 Å². The minimum atomic E-state index is -0.337. The maximum atomic E-state index is 12.8. The highest BCUT2D eigenvalue weighted by Crippen LogP contribution is 2.25. The zero-order valence-electron chi connectivity index (χ0n) is 14.1. The maximum Gasteiger partial charge on any atom is 0.257 e. The molecule has 8 heteroatoms. The molecule has 4 rings (SSSR count). The third-order valence-corrected chi connectivity index (χ3v) is 4.69. The Morgan fingerprint density at radius 1 is 1.26 bits per heavy atom. The molecule has 136 valence electrons. The molecule has 2 aromatic heterocycles. The van der Waals surface area contributed by atoms with Crippen LogP contribution in [0.2, 0.25) is 5.02 Å². The zero-order valence-corrected chi connectivity index (χ0v) is 14.9. The molecule has 0 atom stereocenters. The Morgan fingerprint density at radius 2 is 2.11 bits per heavy atom. The van der Waals surface area contributed by atoms with Crippen molar-refractivity contribution < 1.29 is 9.90 Å². The van der Waals surface area contributed by atoms with Crippen LogP contribution in [-0.4, -0.2) is 37.4 Å². The first-order valence-electron chi connectivity index (χ1n) is 8.34. The lowest BCUT2D eigenvalue weighted by atomic mass is 10.0. The Kier molecular flexibility index (Phi) is 4.37. The average molecular weight is 383 g/mol. The number of H-pyrrole nitrogens is 1. The van der Waals surface area contributed by atoms with Gasteiger partial charge in [0.1, 0.15) is 11.4 Å². The van der Waals surface area contributed by atoms with Crippen LogP contribution in [0.4, 0.5) is 0 Å². The molecular formula is C19H15ClN4O3. The van der Waals surface area contributed by atoms with Crippen LogP contribution in [0, 0.1) is 0 Å². The van der Waals surface area contributed by atoms with Crippen molar-refractivity contribution in [3.8, 4) is 17.3 Å². The molecule has 3 heterocycles. The number of fused-ring (bicyclic) bond motifs is 1. The van der Waals surface area contributed by atoms with Gasteiger partial charge in [0.2, 0.25) is 0 Å². The van der Waals surface area contributed by atoms with Crippen LogP contribution in [0.3, 0.4) is 0 Å². The number of hydrogen-bond donors (Lipinski definition) is 2. The van der Waals surface area contributed by atoms with Crippen LogP contribution in [0.5, 0.6) is 5.75 Å². The van der Waals surface area contributed by atoms with E-state index < -0.39 is 0 Å². The number of nitrogens with one attached hydrogen (secondary N) is 1. The van der Waals surface area contributed by atoms with Gasteiger partial charge in [0, 0.05) is 23.3 Å². The van der Waals surface area contributed by atoms with Crippen LogP contribution in [0.15, 0.2) is 47.4 Å². The Labute approximate surface area is 159 Å². The summed E-state index contributed by atoms with van der Waals surface area (Å²) in [5, 5.41) is 10.4. The number of pyridine rings is 1. The maximum absolute atomic E-state index is 12.8. The monoisotopic (exact) mass is 382 g/mol. The summed E-state index contributed by atoms with van der Waals surface area (Å²) in [6.45, 7) is 0.543. The van der Waals surface area contributed by atoms with Gasteiger partial charge in [0.15, 0.2) is 5.82 Å². The van der Waals surface area contributed by atoms with E-state index >= 15 is 0 Å². The molecule has 0 saturated carbocycles. The topological polar surface area (TPSA) is 99.2 Å². The minimum absolute atomic E-state index is 0.164. The summed E-state index contributed by atoms with van der Waals surface area (Å²) < 4.78 is 0. The van der Waals surface area contributed by atoms with E-state index in [2.05, 4.69) is 15.0 Å². The van der Waals surface area contributed by atoms with Crippen molar-refractivity contribution in [2.24, 2.45) is 0 Å². The summed E-state index contributed by atoms with van der Waals surface area (Å²) in [4.78, 5) is 38.2. The van der Waals surface area contributed by atoms with E-state index in [1.165, 1.54) is 12.1 Å².